The monoisotopic (exact) mass is 287 g/mol. The van der Waals surface area contributed by atoms with Crippen LogP contribution in [0.2, 0.25) is 0 Å². The summed E-state index contributed by atoms with van der Waals surface area (Å²) in [5.41, 5.74) is 4.21. The first-order valence-electron chi connectivity index (χ1n) is 7.41. The van der Waals surface area contributed by atoms with E-state index in [1.54, 1.807) is 6.26 Å². The Labute approximate surface area is 124 Å². The largest absolute Gasteiger partial charge is 0.464 e. The fourth-order valence-electron chi connectivity index (χ4n) is 2.89. The van der Waals surface area contributed by atoms with Crippen molar-refractivity contribution in [2.45, 2.75) is 33.2 Å². The van der Waals surface area contributed by atoms with Gasteiger partial charge in [0.1, 0.15) is 5.58 Å². The fraction of sp³-hybridized carbons (Fsp3) is 0.471. The van der Waals surface area contributed by atoms with Crippen LogP contribution in [-0.2, 0) is 16.0 Å². The Hall–Kier alpha value is -1.81. The lowest BCUT2D eigenvalue weighted by Crippen LogP contribution is -2.47. The molecule has 1 aliphatic rings. The van der Waals surface area contributed by atoms with Crippen LogP contribution in [0.3, 0.4) is 0 Å². The Morgan fingerprint density at radius 2 is 2.19 bits per heavy atom. The number of hydrogen-bond acceptors (Lipinski definition) is 3. The van der Waals surface area contributed by atoms with E-state index in [1.165, 1.54) is 5.56 Å². The van der Waals surface area contributed by atoms with Crippen molar-refractivity contribution in [3.8, 4) is 0 Å². The maximum atomic E-state index is 12.5. The van der Waals surface area contributed by atoms with E-state index in [0.717, 1.165) is 22.1 Å². The van der Waals surface area contributed by atoms with Crippen molar-refractivity contribution in [1.29, 1.82) is 0 Å². The van der Waals surface area contributed by atoms with Crippen molar-refractivity contribution in [2.24, 2.45) is 0 Å². The van der Waals surface area contributed by atoms with Crippen LogP contribution in [-0.4, -0.2) is 36.6 Å². The van der Waals surface area contributed by atoms with Gasteiger partial charge in [-0.05, 0) is 31.9 Å². The number of fused-ring (bicyclic) bond motifs is 1. The molecule has 2 heterocycles. The molecular weight excluding hydrogens is 266 g/mol. The van der Waals surface area contributed by atoms with E-state index in [0.29, 0.717) is 26.2 Å². The standard InChI is InChI=1S/C17H21NO3/c1-11-4-5-15-14(10-21-17(15)13(11)3)8-16(19)18-6-7-20-9-12(18)2/h4-5,10,12H,6-9H2,1-3H3. The average Bonchev–Trinajstić information content (AvgIpc) is 2.87. The lowest BCUT2D eigenvalue weighted by atomic mass is 10.0. The van der Waals surface area contributed by atoms with Crippen molar-refractivity contribution in [3.05, 3.63) is 35.1 Å². The summed E-state index contributed by atoms with van der Waals surface area (Å²) in [6.45, 7) is 8.07. The number of carbonyl (C=O) groups excluding carboxylic acids is 1. The van der Waals surface area contributed by atoms with Crippen LogP contribution in [0.5, 0.6) is 0 Å². The third-order valence-electron chi connectivity index (χ3n) is 4.37. The normalized spacial score (nSPS) is 19.2. The molecule has 0 spiro atoms. The molecule has 0 aliphatic carbocycles. The molecule has 4 nitrogen and oxygen atoms in total. The highest BCUT2D eigenvalue weighted by Crippen LogP contribution is 2.27. The van der Waals surface area contributed by atoms with E-state index in [4.69, 9.17) is 9.15 Å². The van der Waals surface area contributed by atoms with Gasteiger partial charge in [-0.3, -0.25) is 4.79 Å². The van der Waals surface area contributed by atoms with Gasteiger partial charge in [0.05, 0.1) is 31.9 Å². The second kappa shape index (κ2) is 5.53. The number of aryl methyl sites for hydroxylation is 2. The van der Waals surface area contributed by atoms with E-state index in [1.807, 2.05) is 17.9 Å². The van der Waals surface area contributed by atoms with Gasteiger partial charge in [0.2, 0.25) is 5.91 Å². The second-order valence-electron chi connectivity index (χ2n) is 5.83. The van der Waals surface area contributed by atoms with E-state index < -0.39 is 0 Å². The molecule has 2 aromatic rings. The molecular formula is C17H21NO3. The van der Waals surface area contributed by atoms with Gasteiger partial charge in [0.25, 0.3) is 0 Å². The zero-order valence-electron chi connectivity index (χ0n) is 12.8. The number of amides is 1. The number of furan rings is 1. The van der Waals surface area contributed by atoms with Gasteiger partial charge in [-0.15, -0.1) is 0 Å². The summed E-state index contributed by atoms with van der Waals surface area (Å²) in [5, 5.41) is 1.05. The number of carbonyl (C=O) groups is 1. The van der Waals surface area contributed by atoms with Crippen LogP contribution >= 0.6 is 0 Å². The number of hydrogen-bond donors (Lipinski definition) is 0. The molecule has 0 N–H and O–H groups in total. The maximum Gasteiger partial charge on any atom is 0.227 e. The van der Waals surface area contributed by atoms with Crippen molar-refractivity contribution in [3.63, 3.8) is 0 Å². The highest BCUT2D eigenvalue weighted by molar-refractivity contribution is 5.89. The lowest BCUT2D eigenvalue weighted by molar-refractivity contribution is -0.138. The van der Waals surface area contributed by atoms with Gasteiger partial charge in [-0.1, -0.05) is 12.1 Å². The minimum atomic E-state index is 0.145. The number of nitrogens with zero attached hydrogens (tertiary/aromatic N) is 1. The zero-order valence-corrected chi connectivity index (χ0v) is 12.8. The summed E-state index contributed by atoms with van der Waals surface area (Å²) < 4.78 is 11.1. The number of ether oxygens (including phenoxy) is 1. The molecule has 0 radical (unpaired) electrons. The second-order valence-corrected chi connectivity index (χ2v) is 5.83. The molecule has 1 saturated heterocycles. The molecule has 3 rings (SSSR count). The zero-order chi connectivity index (χ0) is 15.0. The van der Waals surface area contributed by atoms with Crippen LogP contribution in [0, 0.1) is 13.8 Å². The minimum absolute atomic E-state index is 0.145. The van der Waals surface area contributed by atoms with Gasteiger partial charge in [-0.25, -0.2) is 0 Å². The third-order valence-corrected chi connectivity index (χ3v) is 4.37. The predicted octanol–water partition coefficient (Wildman–Crippen LogP) is 2.84. The van der Waals surface area contributed by atoms with Crippen molar-refractivity contribution >= 4 is 16.9 Å². The van der Waals surface area contributed by atoms with Crippen molar-refractivity contribution < 1.29 is 13.9 Å². The average molecular weight is 287 g/mol. The number of benzene rings is 1. The summed E-state index contributed by atoms with van der Waals surface area (Å²) in [7, 11) is 0. The molecule has 1 amide bonds. The molecule has 1 aromatic carbocycles. The molecule has 1 unspecified atom stereocenters. The van der Waals surface area contributed by atoms with Crippen molar-refractivity contribution in [2.75, 3.05) is 19.8 Å². The van der Waals surface area contributed by atoms with E-state index in [2.05, 4.69) is 19.9 Å². The van der Waals surface area contributed by atoms with Crippen LogP contribution < -0.4 is 0 Å². The summed E-state index contributed by atoms with van der Waals surface area (Å²) in [5.74, 6) is 0.145. The first-order valence-corrected chi connectivity index (χ1v) is 7.41. The molecule has 1 fully saturated rings. The molecule has 0 bridgehead atoms. The summed E-state index contributed by atoms with van der Waals surface area (Å²) in [4.78, 5) is 14.4. The summed E-state index contributed by atoms with van der Waals surface area (Å²) >= 11 is 0. The van der Waals surface area contributed by atoms with Gasteiger partial charge in [-0.2, -0.15) is 0 Å². The first kappa shape index (κ1) is 14.1. The van der Waals surface area contributed by atoms with Crippen LogP contribution in [0.15, 0.2) is 22.8 Å². The smallest absolute Gasteiger partial charge is 0.227 e. The Balaban J connectivity index is 1.85. The highest BCUT2D eigenvalue weighted by atomic mass is 16.5. The Kier molecular flexibility index (Phi) is 3.72. The fourth-order valence-corrected chi connectivity index (χ4v) is 2.89. The SMILES string of the molecule is Cc1ccc2c(CC(=O)N3CCOCC3C)coc2c1C. The van der Waals surface area contributed by atoms with Crippen LogP contribution in [0.1, 0.15) is 23.6 Å². The molecule has 21 heavy (non-hydrogen) atoms. The Bertz CT molecular complexity index is 674. The van der Waals surface area contributed by atoms with E-state index in [9.17, 15) is 4.79 Å². The topological polar surface area (TPSA) is 42.7 Å². The van der Waals surface area contributed by atoms with Gasteiger partial charge >= 0.3 is 0 Å². The minimum Gasteiger partial charge on any atom is -0.464 e. The van der Waals surface area contributed by atoms with E-state index >= 15 is 0 Å². The lowest BCUT2D eigenvalue weighted by Gasteiger charge is -2.33. The summed E-state index contributed by atoms with van der Waals surface area (Å²) in [6, 6.07) is 4.28. The number of morpholine rings is 1. The van der Waals surface area contributed by atoms with Crippen LogP contribution in [0.4, 0.5) is 0 Å². The van der Waals surface area contributed by atoms with Crippen LogP contribution in [0.25, 0.3) is 11.0 Å². The Morgan fingerprint density at radius 1 is 1.38 bits per heavy atom. The number of rotatable bonds is 2. The van der Waals surface area contributed by atoms with E-state index in [-0.39, 0.29) is 11.9 Å². The molecule has 1 aliphatic heterocycles. The van der Waals surface area contributed by atoms with Gasteiger partial charge in [0.15, 0.2) is 0 Å². The first-order chi connectivity index (χ1) is 10.1. The molecule has 112 valence electrons. The van der Waals surface area contributed by atoms with Gasteiger partial charge in [0, 0.05) is 17.5 Å². The summed E-state index contributed by atoms with van der Waals surface area (Å²) in [6.07, 6.45) is 2.11. The quantitative estimate of drug-likeness (QED) is 0.853. The third kappa shape index (κ3) is 2.56. The molecule has 1 aromatic heterocycles. The van der Waals surface area contributed by atoms with Gasteiger partial charge < -0.3 is 14.1 Å². The highest BCUT2D eigenvalue weighted by Gasteiger charge is 2.24. The molecule has 4 heteroatoms. The van der Waals surface area contributed by atoms with Crippen molar-refractivity contribution in [1.82, 2.24) is 4.90 Å². The molecule has 0 saturated carbocycles. The molecule has 1 atom stereocenters. The Morgan fingerprint density at radius 3 is 2.95 bits per heavy atom. The maximum absolute atomic E-state index is 12.5. The predicted molar refractivity (Wildman–Crippen MR) is 81.4 cm³/mol.